The van der Waals surface area contributed by atoms with Gasteiger partial charge in [0.15, 0.2) is 0 Å². The first-order chi connectivity index (χ1) is 13.3. The van der Waals surface area contributed by atoms with Crippen molar-refractivity contribution in [3.63, 3.8) is 0 Å². The molecule has 7 heteroatoms. The summed E-state index contributed by atoms with van der Waals surface area (Å²) in [6, 6.07) is 6.11. The van der Waals surface area contributed by atoms with E-state index in [-0.39, 0.29) is 18.1 Å². The van der Waals surface area contributed by atoms with Gasteiger partial charge < -0.3 is 15.0 Å². The van der Waals surface area contributed by atoms with E-state index in [0.29, 0.717) is 5.75 Å². The highest BCUT2D eigenvalue weighted by Crippen LogP contribution is 2.25. The molecule has 2 atom stereocenters. The van der Waals surface area contributed by atoms with Crippen LogP contribution in [0, 0.1) is 20.8 Å². The second-order valence-corrected chi connectivity index (χ2v) is 8.48. The molecule has 1 aromatic heterocycles. The Kier molecular flexibility index (Phi) is 6.57. The Morgan fingerprint density at radius 3 is 2.43 bits per heavy atom. The van der Waals surface area contributed by atoms with Crippen LogP contribution < -0.4 is 10.2 Å². The molecule has 0 aliphatic carbocycles. The number of thioether (sulfide) groups is 1. The van der Waals surface area contributed by atoms with E-state index < -0.39 is 0 Å². The topological polar surface area (TPSA) is 67.4 Å². The van der Waals surface area contributed by atoms with E-state index in [1.165, 1.54) is 17.3 Å². The minimum Gasteiger partial charge on any atom is -0.372 e. The number of nitrogens with zero attached hydrogens (tertiary/aromatic N) is 3. The quantitative estimate of drug-likeness (QED) is 0.609. The molecule has 1 aliphatic rings. The number of aromatic nitrogens is 2. The fourth-order valence-corrected chi connectivity index (χ4v) is 4.30. The Morgan fingerprint density at radius 1 is 1.14 bits per heavy atom. The van der Waals surface area contributed by atoms with Crippen LogP contribution in [0.25, 0.3) is 0 Å². The highest BCUT2D eigenvalue weighted by molar-refractivity contribution is 7.99. The summed E-state index contributed by atoms with van der Waals surface area (Å²) < 4.78 is 5.79. The number of carbonyl (C=O) groups excluding carboxylic acids is 1. The summed E-state index contributed by atoms with van der Waals surface area (Å²) in [7, 11) is 0. The summed E-state index contributed by atoms with van der Waals surface area (Å²) in [6.07, 6.45) is 1.90. The summed E-state index contributed by atoms with van der Waals surface area (Å²) in [4.78, 5) is 23.4. The predicted octanol–water partition coefficient (Wildman–Crippen LogP) is 3.75. The number of morpholine rings is 1. The van der Waals surface area contributed by atoms with Crippen LogP contribution >= 0.6 is 11.8 Å². The van der Waals surface area contributed by atoms with Gasteiger partial charge in [0.1, 0.15) is 17.2 Å². The smallest absolute Gasteiger partial charge is 0.234 e. The SMILES string of the molecule is Cc1cc(C)c(NC(=O)CSc2cc(N3CC(C)OC(C)C3)ncn2)c(C)c1. The number of carbonyl (C=O) groups is 1. The number of ether oxygens (including phenoxy) is 1. The fourth-order valence-electron chi connectivity index (χ4n) is 3.64. The summed E-state index contributed by atoms with van der Waals surface area (Å²) in [5.74, 6) is 1.15. The van der Waals surface area contributed by atoms with Gasteiger partial charge >= 0.3 is 0 Å². The molecule has 1 aliphatic heterocycles. The third-order valence-corrected chi connectivity index (χ3v) is 5.59. The molecule has 1 fully saturated rings. The van der Waals surface area contributed by atoms with Crippen molar-refractivity contribution in [3.05, 3.63) is 41.2 Å². The number of rotatable bonds is 5. The highest BCUT2D eigenvalue weighted by Gasteiger charge is 2.23. The molecule has 1 amide bonds. The Morgan fingerprint density at radius 2 is 1.79 bits per heavy atom. The lowest BCUT2D eigenvalue weighted by Crippen LogP contribution is -2.45. The van der Waals surface area contributed by atoms with Crippen molar-refractivity contribution in [3.8, 4) is 0 Å². The maximum absolute atomic E-state index is 12.4. The molecule has 2 unspecified atom stereocenters. The number of aryl methyl sites for hydroxylation is 3. The Labute approximate surface area is 171 Å². The molecule has 0 saturated carbocycles. The Hall–Kier alpha value is -2.12. The molecule has 28 heavy (non-hydrogen) atoms. The third-order valence-electron chi connectivity index (χ3n) is 4.66. The van der Waals surface area contributed by atoms with Gasteiger partial charge in [-0.3, -0.25) is 4.79 Å². The maximum Gasteiger partial charge on any atom is 0.234 e. The van der Waals surface area contributed by atoms with E-state index in [1.54, 1.807) is 6.33 Å². The summed E-state index contributed by atoms with van der Waals surface area (Å²) >= 11 is 1.42. The van der Waals surface area contributed by atoms with Gasteiger partial charge in [0.2, 0.25) is 5.91 Å². The van der Waals surface area contributed by atoms with E-state index >= 15 is 0 Å². The van der Waals surface area contributed by atoms with Gasteiger partial charge in [-0.25, -0.2) is 9.97 Å². The van der Waals surface area contributed by atoms with Crippen LogP contribution in [0.15, 0.2) is 29.6 Å². The number of hydrogen-bond acceptors (Lipinski definition) is 6. The molecule has 1 aromatic carbocycles. The number of hydrogen-bond donors (Lipinski definition) is 1. The lowest BCUT2D eigenvalue weighted by molar-refractivity contribution is -0.113. The van der Waals surface area contributed by atoms with Gasteiger partial charge in [0, 0.05) is 24.8 Å². The molecule has 0 radical (unpaired) electrons. The Balaban J connectivity index is 1.61. The van der Waals surface area contributed by atoms with Gasteiger partial charge in [-0.2, -0.15) is 0 Å². The minimum absolute atomic E-state index is 0.0335. The first-order valence-corrected chi connectivity index (χ1v) is 10.5. The molecule has 0 bridgehead atoms. The first-order valence-electron chi connectivity index (χ1n) is 9.54. The zero-order valence-corrected chi connectivity index (χ0v) is 18.0. The van der Waals surface area contributed by atoms with Crippen LogP contribution in [0.5, 0.6) is 0 Å². The van der Waals surface area contributed by atoms with Crippen molar-refractivity contribution in [2.24, 2.45) is 0 Å². The van der Waals surface area contributed by atoms with Gasteiger partial charge in [0.25, 0.3) is 0 Å². The lowest BCUT2D eigenvalue weighted by Gasteiger charge is -2.36. The largest absolute Gasteiger partial charge is 0.372 e. The number of amides is 1. The predicted molar refractivity (Wildman–Crippen MR) is 114 cm³/mol. The summed E-state index contributed by atoms with van der Waals surface area (Å²) in [5, 5.41) is 3.83. The zero-order valence-electron chi connectivity index (χ0n) is 17.2. The molecular formula is C21H28N4O2S. The Bertz CT molecular complexity index is 825. The van der Waals surface area contributed by atoms with E-state index in [9.17, 15) is 4.79 Å². The van der Waals surface area contributed by atoms with Crippen molar-refractivity contribution in [1.29, 1.82) is 0 Å². The zero-order chi connectivity index (χ0) is 20.3. The second kappa shape index (κ2) is 8.92. The molecule has 150 valence electrons. The summed E-state index contributed by atoms with van der Waals surface area (Å²) in [6.45, 7) is 11.8. The van der Waals surface area contributed by atoms with Crippen molar-refractivity contribution < 1.29 is 9.53 Å². The fraction of sp³-hybridized carbons (Fsp3) is 0.476. The molecule has 6 nitrogen and oxygen atoms in total. The van der Waals surface area contributed by atoms with Gasteiger partial charge in [-0.05, 0) is 45.7 Å². The van der Waals surface area contributed by atoms with Gasteiger partial charge in [0.05, 0.1) is 18.0 Å². The molecule has 0 spiro atoms. The van der Waals surface area contributed by atoms with Crippen LogP contribution in [-0.4, -0.2) is 46.9 Å². The second-order valence-electron chi connectivity index (χ2n) is 7.49. The maximum atomic E-state index is 12.4. The van der Waals surface area contributed by atoms with Crippen molar-refractivity contribution in [1.82, 2.24) is 9.97 Å². The normalized spacial score (nSPS) is 19.5. The molecule has 1 saturated heterocycles. The average Bonchev–Trinajstić information content (AvgIpc) is 2.62. The van der Waals surface area contributed by atoms with Crippen LogP contribution in [-0.2, 0) is 9.53 Å². The monoisotopic (exact) mass is 400 g/mol. The molecule has 1 N–H and O–H groups in total. The number of nitrogens with one attached hydrogen (secondary N) is 1. The van der Waals surface area contributed by atoms with Crippen LogP contribution in [0.4, 0.5) is 11.5 Å². The van der Waals surface area contributed by atoms with Gasteiger partial charge in [-0.1, -0.05) is 29.5 Å². The summed E-state index contributed by atoms with van der Waals surface area (Å²) in [5.41, 5.74) is 4.25. The van der Waals surface area contributed by atoms with E-state index in [4.69, 9.17) is 4.74 Å². The van der Waals surface area contributed by atoms with Crippen LogP contribution in [0.1, 0.15) is 30.5 Å². The van der Waals surface area contributed by atoms with Crippen molar-refractivity contribution >= 4 is 29.2 Å². The third kappa shape index (κ3) is 5.23. The van der Waals surface area contributed by atoms with Crippen molar-refractivity contribution in [2.45, 2.75) is 51.9 Å². The van der Waals surface area contributed by atoms with Crippen LogP contribution in [0.3, 0.4) is 0 Å². The van der Waals surface area contributed by atoms with E-state index in [1.807, 2.05) is 19.9 Å². The first kappa shape index (κ1) is 20.6. The van der Waals surface area contributed by atoms with Crippen LogP contribution in [0.2, 0.25) is 0 Å². The van der Waals surface area contributed by atoms with E-state index in [0.717, 1.165) is 40.7 Å². The molecule has 2 heterocycles. The molecule has 2 aromatic rings. The van der Waals surface area contributed by atoms with E-state index in [2.05, 4.69) is 53.1 Å². The minimum atomic E-state index is -0.0335. The number of anilines is 2. The standard InChI is InChI=1S/C21H28N4O2S/c1-13-6-14(2)21(15(3)7-13)24-19(26)11-28-20-8-18(22-12-23-20)25-9-16(4)27-17(5)10-25/h6-8,12,16-17H,9-11H2,1-5H3,(H,24,26). The number of benzene rings is 1. The van der Waals surface area contributed by atoms with Gasteiger partial charge in [-0.15, -0.1) is 0 Å². The molecular weight excluding hydrogens is 372 g/mol. The van der Waals surface area contributed by atoms with Crippen molar-refractivity contribution in [2.75, 3.05) is 29.1 Å². The highest BCUT2D eigenvalue weighted by atomic mass is 32.2. The average molecular weight is 401 g/mol. The lowest BCUT2D eigenvalue weighted by atomic mass is 10.1. The molecule has 3 rings (SSSR count).